The van der Waals surface area contributed by atoms with Gasteiger partial charge in [-0.3, -0.25) is 24.0 Å². The minimum absolute atomic E-state index is 0.0564. The first-order valence-electron chi connectivity index (χ1n) is 11.4. The van der Waals surface area contributed by atoms with Crippen LogP contribution in [0.2, 0.25) is 0 Å². The number of rotatable bonds is 13. The molecule has 35 heavy (non-hydrogen) atoms. The van der Waals surface area contributed by atoms with Crippen molar-refractivity contribution in [3.05, 3.63) is 23.3 Å². The topological polar surface area (TPSA) is 193 Å². The number of carbonyl (C=O) groups excluding carboxylic acids is 5. The summed E-state index contributed by atoms with van der Waals surface area (Å²) in [4.78, 5) is 59.7. The number of Topliss-reactive ketones (excluding diaryl/α,β-unsaturated/α-hetero) is 2. The van der Waals surface area contributed by atoms with E-state index in [0.29, 0.717) is 18.4 Å². The van der Waals surface area contributed by atoms with Crippen molar-refractivity contribution < 1.29 is 44.0 Å². The molecular formula is C24H32N2O9. The van der Waals surface area contributed by atoms with Crippen molar-refractivity contribution in [2.75, 3.05) is 25.6 Å². The lowest BCUT2D eigenvalue weighted by Crippen LogP contribution is -2.33. The number of carbonyl (C=O) groups is 5. The number of hydrogen-bond donors (Lipinski definition) is 5. The molecule has 0 saturated carbocycles. The Morgan fingerprint density at radius 2 is 1.89 bits per heavy atom. The van der Waals surface area contributed by atoms with Crippen molar-refractivity contribution >= 4 is 35.0 Å². The zero-order chi connectivity index (χ0) is 26.1. The molecule has 0 fully saturated rings. The van der Waals surface area contributed by atoms with Crippen LogP contribution in [0.3, 0.4) is 0 Å². The predicted molar refractivity (Wildman–Crippen MR) is 123 cm³/mol. The third-order valence-corrected chi connectivity index (χ3v) is 6.25. The Bertz CT molecular complexity index is 976. The molecule has 1 aliphatic carbocycles. The highest BCUT2D eigenvalue weighted by atomic mass is 16.5. The van der Waals surface area contributed by atoms with Crippen LogP contribution in [0.5, 0.6) is 5.75 Å². The van der Waals surface area contributed by atoms with Gasteiger partial charge < -0.3 is 31.1 Å². The lowest BCUT2D eigenvalue weighted by Gasteiger charge is -2.31. The lowest BCUT2D eigenvalue weighted by atomic mass is 9.73. The Balaban J connectivity index is 2.15. The Kier molecular flexibility index (Phi) is 10.3. The second-order valence-corrected chi connectivity index (χ2v) is 8.72. The standard InChI is InChI=1S/C24H32N2O9/c1-35-22(33)5-4-21(32)26-17-3-2-15-9-13(10-19(30)23(15)24(17)34)8-14(6-7-27)16(12-28)18(29)11-20(25)31/h2-3,13-14,16,27-28,34H,4-12H2,1H3,(H2,25,31)(H,26,32). The van der Waals surface area contributed by atoms with Crippen LogP contribution in [0.4, 0.5) is 5.69 Å². The Morgan fingerprint density at radius 1 is 1.17 bits per heavy atom. The molecule has 0 aromatic heterocycles. The van der Waals surface area contributed by atoms with Crippen molar-refractivity contribution in [3.63, 3.8) is 0 Å². The summed E-state index contributed by atoms with van der Waals surface area (Å²) in [5.74, 6) is -4.64. The number of esters is 1. The van der Waals surface area contributed by atoms with Gasteiger partial charge in [0.1, 0.15) is 11.5 Å². The number of aliphatic hydroxyl groups excluding tert-OH is 2. The number of fused-ring (bicyclic) bond motifs is 1. The second kappa shape index (κ2) is 13.0. The van der Waals surface area contributed by atoms with E-state index >= 15 is 0 Å². The molecular weight excluding hydrogens is 460 g/mol. The Morgan fingerprint density at radius 3 is 2.49 bits per heavy atom. The molecule has 192 valence electrons. The van der Waals surface area contributed by atoms with Gasteiger partial charge in [0, 0.05) is 25.4 Å². The highest BCUT2D eigenvalue weighted by molar-refractivity contribution is 6.04. The SMILES string of the molecule is COC(=O)CCC(=O)Nc1ccc2c(c1O)C(=O)CC(CC(CCO)C(CO)C(=O)CC(N)=O)C2. The van der Waals surface area contributed by atoms with Crippen molar-refractivity contribution in [1.29, 1.82) is 0 Å². The molecule has 0 spiro atoms. The number of aliphatic hydroxyl groups is 2. The van der Waals surface area contributed by atoms with E-state index in [-0.39, 0.29) is 61.0 Å². The van der Waals surface area contributed by atoms with Gasteiger partial charge in [-0.05, 0) is 42.7 Å². The van der Waals surface area contributed by atoms with Crippen LogP contribution in [0.15, 0.2) is 12.1 Å². The number of ether oxygens (including phenoxy) is 1. The highest BCUT2D eigenvalue weighted by Gasteiger charge is 2.34. The van der Waals surface area contributed by atoms with Gasteiger partial charge in [0.2, 0.25) is 11.8 Å². The number of aromatic hydroxyl groups is 1. The molecule has 2 amide bonds. The van der Waals surface area contributed by atoms with Gasteiger partial charge in [0.15, 0.2) is 5.78 Å². The fourth-order valence-electron chi connectivity index (χ4n) is 4.55. The molecule has 0 radical (unpaired) electrons. The number of nitrogens with one attached hydrogen (secondary N) is 1. The summed E-state index contributed by atoms with van der Waals surface area (Å²) in [6, 6.07) is 3.09. The van der Waals surface area contributed by atoms with E-state index in [1.54, 1.807) is 6.07 Å². The van der Waals surface area contributed by atoms with Gasteiger partial charge in [-0.2, -0.15) is 0 Å². The van der Waals surface area contributed by atoms with Crippen molar-refractivity contribution in [1.82, 2.24) is 0 Å². The third-order valence-electron chi connectivity index (χ3n) is 6.25. The van der Waals surface area contributed by atoms with Crippen LogP contribution in [0.1, 0.15) is 54.4 Å². The highest BCUT2D eigenvalue weighted by Crippen LogP contribution is 2.39. The number of anilines is 1. The van der Waals surface area contributed by atoms with E-state index in [0.717, 1.165) is 0 Å². The summed E-state index contributed by atoms with van der Waals surface area (Å²) in [6.45, 7) is -0.740. The van der Waals surface area contributed by atoms with Crippen molar-refractivity contribution in [2.45, 2.75) is 44.9 Å². The number of primary amides is 1. The molecule has 0 bridgehead atoms. The van der Waals surface area contributed by atoms with Crippen LogP contribution < -0.4 is 11.1 Å². The molecule has 0 heterocycles. The van der Waals surface area contributed by atoms with Gasteiger partial charge in [-0.1, -0.05) is 6.07 Å². The summed E-state index contributed by atoms with van der Waals surface area (Å²) in [5.41, 5.74) is 5.84. The summed E-state index contributed by atoms with van der Waals surface area (Å²) < 4.78 is 4.49. The smallest absolute Gasteiger partial charge is 0.306 e. The number of ketones is 2. The van der Waals surface area contributed by atoms with Crippen LogP contribution in [0, 0.1) is 17.8 Å². The van der Waals surface area contributed by atoms with Gasteiger partial charge in [0.25, 0.3) is 0 Å². The van der Waals surface area contributed by atoms with E-state index in [4.69, 9.17) is 5.73 Å². The molecule has 11 nitrogen and oxygen atoms in total. The van der Waals surface area contributed by atoms with E-state index in [1.165, 1.54) is 13.2 Å². The first-order valence-corrected chi connectivity index (χ1v) is 11.4. The maximum Gasteiger partial charge on any atom is 0.306 e. The molecule has 2 rings (SSSR count). The van der Waals surface area contributed by atoms with E-state index in [9.17, 15) is 39.3 Å². The minimum Gasteiger partial charge on any atom is -0.505 e. The number of phenols is 1. The second-order valence-electron chi connectivity index (χ2n) is 8.72. The molecule has 3 unspecified atom stereocenters. The van der Waals surface area contributed by atoms with E-state index < -0.39 is 48.4 Å². The number of methoxy groups -OCH3 is 1. The Labute approximate surface area is 202 Å². The number of amides is 2. The normalized spacial score (nSPS) is 16.7. The zero-order valence-electron chi connectivity index (χ0n) is 19.6. The lowest BCUT2D eigenvalue weighted by molar-refractivity contribution is -0.141. The van der Waals surface area contributed by atoms with Gasteiger partial charge in [0.05, 0.1) is 37.8 Å². The fourth-order valence-corrected chi connectivity index (χ4v) is 4.55. The van der Waals surface area contributed by atoms with Gasteiger partial charge in [-0.25, -0.2) is 0 Å². The predicted octanol–water partition coefficient (Wildman–Crippen LogP) is 0.471. The quantitative estimate of drug-likeness (QED) is 0.148. The van der Waals surface area contributed by atoms with E-state index in [2.05, 4.69) is 10.1 Å². The molecule has 11 heteroatoms. The molecule has 1 aromatic rings. The van der Waals surface area contributed by atoms with Gasteiger partial charge in [-0.15, -0.1) is 0 Å². The zero-order valence-corrected chi connectivity index (χ0v) is 19.6. The van der Waals surface area contributed by atoms with Gasteiger partial charge >= 0.3 is 5.97 Å². The number of benzene rings is 1. The molecule has 1 aromatic carbocycles. The Hall–Kier alpha value is -3.31. The molecule has 6 N–H and O–H groups in total. The average Bonchev–Trinajstić information content (AvgIpc) is 2.79. The molecule has 0 aliphatic heterocycles. The fraction of sp³-hybridized carbons (Fsp3) is 0.542. The first kappa shape index (κ1) is 27.9. The summed E-state index contributed by atoms with van der Waals surface area (Å²) in [6.07, 6.45) is 0.219. The minimum atomic E-state index is -0.887. The summed E-state index contributed by atoms with van der Waals surface area (Å²) >= 11 is 0. The number of phenolic OH excluding ortho intramolecular Hbond substituents is 1. The van der Waals surface area contributed by atoms with Crippen molar-refractivity contribution in [2.24, 2.45) is 23.5 Å². The molecule has 3 atom stereocenters. The first-order chi connectivity index (χ1) is 16.6. The van der Waals surface area contributed by atoms with Crippen LogP contribution in [-0.4, -0.2) is 65.0 Å². The average molecular weight is 493 g/mol. The third kappa shape index (κ3) is 7.59. The molecule has 1 aliphatic rings. The summed E-state index contributed by atoms with van der Waals surface area (Å²) in [7, 11) is 1.21. The van der Waals surface area contributed by atoms with Crippen LogP contribution in [-0.2, 0) is 30.3 Å². The van der Waals surface area contributed by atoms with Crippen LogP contribution in [0.25, 0.3) is 0 Å². The number of nitrogens with two attached hydrogens (primary N) is 1. The van der Waals surface area contributed by atoms with Crippen LogP contribution >= 0.6 is 0 Å². The summed E-state index contributed by atoms with van der Waals surface area (Å²) in [5, 5.41) is 32.3. The maximum absolute atomic E-state index is 12.9. The van der Waals surface area contributed by atoms with Crippen molar-refractivity contribution in [3.8, 4) is 5.75 Å². The maximum atomic E-state index is 12.9. The number of hydrogen-bond acceptors (Lipinski definition) is 9. The van der Waals surface area contributed by atoms with E-state index in [1.807, 2.05) is 0 Å². The largest absolute Gasteiger partial charge is 0.505 e. The monoisotopic (exact) mass is 492 g/mol. The molecule has 0 saturated heterocycles.